The Balaban J connectivity index is 1.35. The van der Waals surface area contributed by atoms with Gasteiger partial charge in [0.1, 0.15) is 0 Å². The van der Waals surface area contributed by atoms with E-state index in [4.69, 9.17) is 9.40 Å². The van der Waals surface area contributed by atoms with Crippen LogP contribution in [-0.4, -0.2) is 22.5 Å². The molecular weight excluding hydrogens is 500 g/mol. The Morgan fingerprint density at radius 2 is 1.57 bits per heavy atom. The van der Waals surface area contributed by atoms with Gasteiger partial charge in [0.05, 0.1) is 28.7 Å². The number of amides is 2. The van der Waals surface area contributed by atoms with Crippen molar-refractivity contribution >= 4 is 34.1 Å². The molecule has 200 valence electrons. The number of carbonyl (C=O) groups excluding carboxylic acids is 2. The van der Waals surface area contributed by atoms with Crippen LogP contribution in [0.1, 0.15) is 59.7 Å². The van der Waals surface area contributed by atoms with Gasteiger partial charge >= 0.3 is 0 Å². The zero-order valence-electron chi connectivity index (χ0n) is 22.9. The minimum Gasteiger partial charge on any atom is -0.459 e. The number of hydrogen-bond acceptors (Lipinski definition) is 5. The molecule has 2 aromatic heterocycles. The molecule has 3 aromatic carbocycles. The maximum absolute atomic E-state index is 13.3. The highest BCUT2D eigenvalue weighted by molar-refractivity contribution is 6.08. The second-order valence-electron chi connectivity index (χ2n) is 10.5. The zero-order valence-corrected chi connectivity index (χ0v) is 22.9. The van der Waals surface area contributed by atoms with Crippen LogP contribution in [0, 0.1) is 0 Å². The summed E-state index contributed by atoms with van der Waals surface area (Å²) in [6.45, 7) is 8.34. The molecule has 2 N–H and O–H groups in total. The molecule has 7 heteroatoms. The van der Waals surface area contributed by atoms with Crippen LogP contribution in [0.2, 0.25) is 0 Å². The van der Waals surface area contributed by atoms with Crippen LogP contribution >= 0.6 is 0 Å². The molecule has 0 aliphatic heterocycles. The van der Waals surface area contributed by atoms with Gasteiger partial charge in [0.15, 0.2) is 5.76 Å². The van der Waals surface area contributed by atoms with Crippen molar-refractivity contribution < 1.29 is 14.0 Å². The van der Waals surface area contributed by atoms with Gasteiger partial charge in [-0.3, -0.25) is 9.59 Å². The van der Waals surface area contributed by atoms with Gasteiger partial charge in [-0.1, -0.05) is 75.4 Å². The first-order chi connectivity index (χ1) is 19.2. The number of rotatable bonds is 6. The first-order valence-corrected chi connectivity index (χ1v) is 13.0. The zero-order chi connectivity index (χ0) is 28.3. The lowest BCUT2D eigenvalue weighted by Crippen LogP contribution is -2.20. The van der Waals surface area contributed by atoms with Crippen LogP contribution in [0.4, 0.5) is 5.69 Å². The minimum absolute atomic E-state index is 0.0461. The van der Waals surface area contributed by atoms with E-state index >= 15 is 0 Å². The summed E-state index contributed by atoms with van der Waals surface area (Å²) in [5, 5.41) is 7.87. The van der Waals surface area contributed by atoms with Crippen molar-refractivity contribution in [2.45, 2.75) is 33.1 Å². The van der Waals surface area contributed by atoms with Crippen molar-refractivity contribution in [3.8, 4) is 11.3 Å². The molecular formula is C33H30N4O3. The Kier molecular flexibility index (Phi) is 7.29. The fraction of sp³-hybridized carbons (Fsp3) is 0.152. The minimum atomic E-state index is -0.329. The van der Waals surface area contributed by atoms with Gasteiger partial charge < -0.3 is 9.73 Å². The predicted octanol–water partition coefficient (Wildman–Crippen LogP) is 7.20. The summed E-state index contributed by atoms with van der Waals surface area (Å²) >= 11 is 0. The van der Waals surface area contributed by atoms with Crippen molar-refractivity contribution in [2.75, 3.05) is 5.32 Å². The Morgan fingerprint density at radius 1 is 0.850 bits per heavy atom. The lowest BCUT2D eigenvalue weighted by atomic mass is 9.86. The Labute approximate surface area is 233 Å². The molecule has 40 heavy (non-hydrogen) atoms. The molecule has 0 aliphatic carbocycles. The Hall–Kier alpha value is -5.04. The molecule has 0 saturated carbocycles. The van der Waals surface area contributed by atoms with Crippen LogP contribution < -0.4 is 10.7 Å². The predicted molar refractivity (Wildman–Crippen MR) is 159 cm³/mol. The lowest BCUT2D eigenvalue weighted by molar-refractivity contribution is 0.0955. The van der Waals surface area contributed by atoms with Gasteiger partial charge in [-0.15, -0.1) is 0 Å². The summed E-state index contributed by atoms with van der Waals surface area (Å²) in [5.41, 5.74) is 8.90. The smallest absolute Gasteiger partial charge is 0.291 e. The highest BCUT2D eigenvalue weighted by atomic mass is 16.3. The maximum atomic E-state index is 13.3. The molecule has 0 spiro atoms. The SMILES string of the molecule is C/C(=N\NC(=O)c1cc(-c2ccc(C(C)(C)C)cc2)nc2ccccc12)c1ccc(NC(=O)c2ccco2)cc1. The monoisotopic (exact) mass is 530 g/mol. The third-order valence-corrected chi connectivity index (χ3v) is 6.64. The van der Waals surface area contributed by atoms with E-state index in [-0.39, 0.29) is 23.0 Å². The molecule has 0 fully saturated rings. The van der Waals surface area contributed by atoms with Crippen molar-refractivity contribution in [2.24, 2.45) is 5.10 Å². The summed E-state index contributed by atoms with van der Waals surface area (Å²) < 4.78 is 5.12. The fourth-order valence-corrected chi connectivity index (χ4v) is 4.31. The second kappa shape index (κ2) is 11.0. The molecule has 0 radical (unpaired) electrons. The van der Waals surface area contributed by atoms with E-state index in [2.05, 4.69) is 48.7 Å². The maximum Gasteiger partial charge on any atom is 0.291 e. The van der Waals surface area contributed by atoms with E-state index in [0.717, 1.165) is 27.7 Å². The number of hydrogen-bond donors (Lipinski definition) is 2. The number of fused-ring (bicyclic) bond motifs is 1. The number of para-hydroxylation sites is 1. The van der Waals surface area contributed by atoms with E-state index in [1.807, 2.05) is 61.5 Å². The van der Waals surface area contributed by atoms with Gasteiger partial charge in [0, 0.05) is 16.6 Å². The molecule has 0 unspecified atom stereocenters. The molecule has 0 atom stereocenters. The van der Waals surface area contributed by atoms with Crippen LogP contribution in [0.3, 0.4) is 0 Å². The van der Waals surface area contributed by atoms with E-state index in [1.54, 1.807) is 24.3 Å². The van der Waals surface area contributed by atoms with Crippen LogP contribution in [0.15, 0.2) is 107 Å². The van der Waals surface area contributed by atoms with Crippen LogP contribution in [-0.2, 0) is 5.41 Å². The normalized spacial score (nSPS) is 11.8. The van der Waals surface area contributed by atoms with Gasteiger partial charge in [0.25, 0.3) is 11.8 Å². The number of nitrogens with one attached hydrogen (secondary N) is 2. The first kappa shape index (κ1) is 26.6. The third kappa shape index (κ3) is 5.83. The number of aromatic nitrogens is 1. The molecule has 2 amide bonds. The number of carbonyl (C=O) groups is 2. The van der Waals surface area contributed by atoms with E-state index in [9.17, 15) is 9.59 Å². The number of furan rings is 1. The Morgan fingerprint density at radius 3 is 2.25 bits per heavy atom. The molecule has 5 rings (SSSR count). The molecule has 7 nitrogen and oxygen atoms in total. The van der Waals surface area contributed by atoms with Crippen molar-refractivity contribution in [3.05, 3.63) is 120 Å². The number of anilines is 1. The molecule has 0 saturated heterocycles. The summed E-state index contributed by atoms with van der Waals surface area (Å²) in [6.07, 6.45) is 1.45. The quantitative estimate of drug-likeness (QED) is 0.179. The first-order valence-electron chi connectivity index (χ1n) is 13.0. The largest absolute Gasteiger partial charge is 0.459 e. The highest BCUT2D eigenvalue weighted by Crippen LogP contribution is 2.28. The average Bonchev–Trinajstić information content (AvgIpc) is 3.51. The fourth-order valence-electron chi connectivity index (χ4n) is 4.31. The average molecular weight is 531 g/mol. The molecule has 5 aromatic rings. The van der Waals surface area contributed by atoms with Crippen molar-refractivity contribution in [1.29, 1.82) is 0 Å². The lowest BCUT2D eigenvalue weighted by Gasteiger charge is -2.19. The van der Waals surface area contributed by atoms with E-state index < -0.39 is 0 Å². The highest BCUT2D eigenvalue weighted by Gasteiger charge is 2.16. The number of pyridine rings is 1. The van der Waals surface area contributed by atoms with E-state index in [1.165, 1.54) is 11.8 Å². The van der Waals surface area contributed by atoms with E-state index in [0.29, 0.717) is 17.0 Å². The standard InChI is InChI=1S/C33H30N4O3/c1-21(22-13-17-25(18-14-22)34-32(39)30-10-7-19-40-30)36-37-31(38)27-20-29(35-28-9-6-5-8-26(27)28)23-11-15-24(16-12-23)33(2,3)4/h5-20H,1-4H3,(H,34,39)(H,37,38)/b36-21+. The van der Waals surface area contributed by atoms with Crippen LogP contribution in [0.5, 0.6) is 0 Å². The van der Waals surface area contributed by atoms with Crippen molar-refractivity contribution in [3.63, 3.8) is 0 Å². The van der Waals surface area contributed by atoms with Gasteiger partial charge in [0.2, 0.25) is 0 Å². The van der Waals surface area contributed by atoms with Gasteiger partial charge in [-0.25, -0.2) is 10.4 Å². The van der Waals surface area contributed by atoms with Crippen molar-refractivity contribution in [1.82, 2.24) is 10.4 Å². The Bertz CT molecular complexity index is 1700. The molecule has 2 heterocycles. The number of benzene rings is 3. The van der Waals surface area contributed by atoms with Crippen LogP contribution in [0.25, 0.3) is 22.2 Å². The van der Waals surface area contributed by atoms with Gasteiger partial charge in [-0.2, -0.15) is 5.10 Å². The molecule has 0 bridgehead atoms. The van der Waals surface area contributed by atoms with Gasteiger partial charge in [-0.05, 0) is 59.9 Å². The number of nitrogens with zero attached hydrogens (tertiary/aromatic N) is 2. The summed E-state index contributed by atoms with van der Waals surface area (Å²) in [6, 6.07) is 28.1. The topological polar surface area (TPSA) is 96.6 Å². The third-order valence-electron chi connectivity index (χ3n) is 6.64. The molecule has 0 aliphatic rings. The summed E-state index contributed by atoms with van der Waals surface area (Å²) in [5.74, 6) is -0.421. The second-order valence-corrected chi connectivity index (χ2v) is 10.5. The number of hydrazone groups is 1. The summed E-state index contributed by atoms with van der Waals surface area (Å²) in [4.78, 5) is 30.4. The summed E-state index contributed by atoms with van der Waals surface area (Å²) in [7, 11) is 0.